The number of carboxylic acid groups (broad SMARTS) is 1. The number of hydrogen-bond donors (Lipinski definition) is 2. The minimum absolute atomic E-state index is 0.204. The Morgan fingerprint density at radius 3 is 2.89 bits per heavy atom. The fourth-order valence-corrected chi connectivity index (χ4v) is 2.44. The van der Waals surface area contributed by atoms with Crippen molar-refractivity contribution in [2.45, 2.75) is 12.5 Å². The highest BCUT2D eigenvalue weighted by Gasteiger charge is 2.21. The second-order valence-corrected chi connectivity index (χ2v) is 4.82. The number of fused-ring (bicyclic) bond motifs is 1. The maximum atomic E-state index is 10.8. The maximum Gasteiger partial charge on any atom is 0.305 e. The third-order valence-electron chi connectivity index (χ3n) is 2.67. The van der Waals surface area contributed by atoms with Crippen LogP contribution in [-0.2, 0) is 9.59 Å². The van der Waals surface area contributed by atoms with E-state index in [4.69, 9.17) is 14.6 Å². The number of carbonyl (C=O) groups is 2. The van der Waals surface area contributed by atoms with Crippen LogP contribution in [0.1, 0.15) is 18.0 Å². The molecule has 2 N–H and O–H groups in total. The lowest BCUT2D eigenvalue weighted by Gasteiger charge is -2.22. The van der Waals surface area contributed by atoms with E-state index in [1.165, 1.54) is 0 Å². The number of halogens is 1. The van der Waals surface area contributed by atoms with Crippen molar-refractivity contribution < 1.29 is 24.2 Å². The molecule has 0 aromatic heterocycles. The molecule has 0 spiro atoms. The zero-order valence-corrected chi connectivity index (χ0v) is 11.5. The van der Waals surface area contributed by atoms with Gasteiger partial charge in [-0.15, -0.1) is 0 Å². The molecule has 7 heteroatoms. The first-order valence-corrected chi connectivity index (χ1v) is 6.41. The van der Waals surface area contributed by atoms with Gasteiger partial charge in [0, 0.05) is 0 Å². The Labute approximate surface area is 117 Å². The first-order valence-electron chi connectivity index (χ1n) is 5.62. The number of amides is 1. The molecule has 0 fully saturated rings. The van der Waals surface area contributed by atoms with Gasteiger partial charge in [-0.2, -0.15) is 0 Å². The zero-order valence-electron chi connectivity index (χ0n) is 9.89. The highest BCUT2D eigenvalue weighted by molar-refractivity contribution is 9.10. The predicted molar refractivity (Wildman–Crippen MR) is 69.3 cm³/mol. The van der Waals surface area contributed by atoms with Gasteiger partial charge in [-0.25, -0.2) is 0 Å². The molecule has 1 heterocycles. The van der Waals surface area contributed by atoms with E-state index in [0.717, 1.165) is 0 Å². The average molecular weight is 330 g/mol. The topological polar surface area (TPSA) is 84.9 Å². The van der Waals surface area contributed by atoms with Crippen LogP contribution in [0.4, 0.5) is 0 Å². The van der Waals surface area contributed by atoms with E-state index in [0.29, 0.717) is 41.2 Å². The molecule has 0 radical (unpaired) electrons. The van der Waals surface area contributed by atoms with Crippen molar-refractivity contribution in [3.63, 3.8) is 0 Å². The Kier molecular flexibility index (Phi) is 4.26. The summed E-state index contributed by atoms with van der Waals surface area (Å²) < 4.78 is 11.6. The van der Waals surface area contributed by atoms with Crippen LogP contribution in [0, 0.1) is 0 Å². The molecule has 0 aliphatic carbocycles. The Bertz CT molecular complexity index is 505. The molecule has 1 unspecified atom stereocenters. The van der Waals surface area contributed by atoms with E-state index >= 15 is 0 Å². The fourth-order valence-electron chi connectivity index (χ4n) is 1.86. The van der Waals surface area contributed by atoms with Crippen molar-refractivity contribution in [2.24, 2.45) is 0 Å². The Morgan fingerprint density at radius 1 is 1.47 bits per heavy atom. The molecule has 0 saturated heterocycles. The maximum absolute atomic E-state index is 10.8. The molecule has 0 saturated carbocycles. The molecule has 1 aliphatic heterocycles. The SMILES string of the molecule is O=CNC(CC(=O)O)c1cc(Br)c2c(c1)OCCO2. The lowest BCUT2D eigenvalue weighted by molar-refractivity contribution is -0.137. The molecule has 6 nitrogen and oxygen atoms in total. The Hall–Kier alpha value is -1.76. The van der Waals surface area contributed by atoms with Gasteiger partial charge in [-0.05, 0) is 33.6 Å². The van der Waals surface area contributed by atoms with Gasteiger partial charge in [-0.3, -0.25) is 9.59 Å². The van der Waals surface area contributed by atoms with Gasteiger partial charge in [0.05, 0.1) is 16.9 Å². The number of benzene rings is 1. The minimum Gasteiger partial charge on any atom is -0.486 e. The largest absolute Gasteiger partial charge is 0.486 e. The van der Waals surface area contributed by atoms with E-state index in [-0.39, 0.29) is 6.42 Å². The van der Waals surface area contributed by atoms with Crippen molar-refractivity contribution in [3.8, 4) is 11.5 Å². The summed E-state index contributed by atoms with van der Waals surface area (Å²) in [6.07, 6.45) is 0.281. The lowest BCUT2D eigenvalue weighted by Crippen LogP contribution is -2.23. The van der Waals surface area contributed by atoms with Crippen molar-refractivity contribution in [1.82, 2.24) is 5.32 Å². The third kappa shape index (κ3) is 3.17. The van der Waals surface area contributed by atoms with Crippen LogP contribution in [0.25, 0.3) is 0 Å². The predicted octanol–water partition coefficient (Wildman–Crippen LogP) is 1.48. The standard InChI is InChI=1S/C12H12BrNO5/c13-8-3-7(9(14-6-15)5-11(16)17)4-10-12(8)19-2-1-18-10/h3-4,6,9H,1-2,5H2,(H,14,15)(H,16,17). The summed E-state index contributed by atoms with van der Waals surface area (Å²) in [5.41, 5.74) is 0.644. The lowest BCUT2D eigenvalue weighted by atomic mass is 10.0. The number of aliphatic carboxylic acids is 1. The van der Waals surface area contributed by atoms with Crippen LogP contribution in [0.5, 0.6) is 11.5 Å². The number of carbonyl (C=O) groups excluding carboxylic acids is 1. The second-order valence-electron chi connectivity index (χ2n) is 3.96. The number of carboxylic acids is 1. The van der Waals surface area contributed by atoms with Gasteiger partial charge in [-0.1, -0.05) is 0 Å². The molecule has 19 heavy (non-hydrogen) atoms. The van der Waals surface area contributed by atoms with Crippen LogP contribution in [0.2, 0.25) is 0 Å². The fraction of sp³-hybridized carbons (Fsp3) is 0.333. The highest BCUT2D eigenvalue weighted by atomic mass is 79.9. The van der Waals surface area contributed by atoms with Crippen LogP contribution in [0.15, 0.2) is 16.6 Å². The van der Waals surface area contributed by atoms with E-state index in [2.05, 4.69) is 21.2 Å². The summed E-state index contributed by atoms with van der Waals surface area (Å²) in [5, 5.41) is 11.3. The number of rotatable bonds is 5. The molecule has 1 aliphatic rings. The van der Waals surface area contributed by atoms with Gasteiger partial charge in [0.25, 0.3) is 0 Å². The second kappa shape index (κ2) is 5.92. The van der Waals surface area contributed by atoms with Crippen LogP contribution >= 0.6 is 15.9 Å². The smallest absolute Gasteiger partial charge is 0.305 e. The summed E-state index contributed by atoms with van der Waals surface area (Å²) in [5.74, 6) is 0.138. The van der Waals surface area contributed by atoms with Gasteiger partial charge < -0.3 is 19.9 Å². The summed E-state index contributed by atoms with van der Waals surface area (Å²) in [4.78, 5) is 21.4. The third-order valence-corrected chi connectivity index (χ3v) is 3.26. The van der Waals surface area contributed by atoms with Crippen molar-refractivity contribution in [2.75, 3.05) is 13.2 Å². The zero-order chi connectivity index (χ0) is 13.8. The van der Waals surface area contributed by atoms with Crippen LogP contribution < -0.4 is 14.8 Å². The van der Waals surface area contributed by atoms with Gasteiger partial charge in [0.1, 0.15) is 13.2 Å². The first-order chi connectivity index (χ1) is 9.11. The Balaban J connectivity index is 2.34. The van der Waals surface area contributed by atoms with Gasteiger partial charge in [0.2, 0.25) is 6.41 Å². The van der Waals surface area contributed by atoms with E-state index in [1.807, 2.05) is 0 Å². The molecule has 0 bridgehead atoms. The molecule has 2 rings (SSSR count). The molecule has 102 valence electrons. The number of nitrogens with one attached hydrogen (secondary N) is 1. The monoisotopic (exact) mass is 329 g/mol. The molecule has 1 aromatic rings. The van der Waals surface area contributed by atoms with Gasteiger partial charge >= 0.3 is 5.97 Å². The average Bonchev–Trinajstić information content (AvgIpc) is 2.38. The first kappa shape index (κ1) is 13.7. The summed E-state index contributed by atoms with van der Waals surface area (Å²) in [7, 11) is 0. The molecular weight excluding hydrogens is 318 g/mol. The van der Waals surface area contributed by atoms with E-state index in [1.54, 1.807) is 12.1 Å². The summed E-state index contributed by atoms with van der Waals surface area (Å²) in [6.45, 7) is 0.906. The van der Waals surface area contributed by atoms with Gasteiger partial charge in [0.15, 0.2) is 11.5 Å². The van der Waals surface area contributed by atoms with Crippen molar-refractivity contribution in [1.29, 1.82) is 0 Å². The van der Waals surface area contributed by atoms with Crippen molar-refractivity contribution >= 4 is 28.3 Å². The minimum atomic E-state index is -0.995. The van der Waals surface area contributed by atoms with Crippen LogP contribution in [0.3, 0.4) is 0 Å². The van der Waals surface area contributed by atoms with Crippen LogP contribution in [-0.4, -0.2) is 30.7 Å². The Morgan fingerprint density at radius 2 is 2.21 bits per heavy atom. The van der Waals surface area contributed by atoms with Crippen molar-refractivity contribution in [3.05, 3.63) is 22.2 Å². The molecule has 1 amide bonds. The summed E-state index contributed by atoms with van der Waals surface area (Å²) >= 11 is 3.35. The highest BCUT2D eigenvalue weighted by Crippen LogP contribution is 2.40. The number of ether oxygens (including phenoxy) is 2. The molecular formula is C12H12BrNO5. The molecule has 1 atom stereocenters. The summed E-state index contributed by atoms with van der Waals surface area (Å²) in [6, 6.07) is 2.79. The van der Waals surface area contributed by atoms with E-state index < -0.39 is 12.0 Å². The number of hydrogen-bond acceptors (Lipinski definition) is 4. The normalized spacial score (nSPS) is 14.6. The quantitative estimate of drug-likeness (QED) is 0.799. The van der Waals surface area contributed by atoms with E-state index in [9.17, 15) is 9.59 Å². The molecule has 1 aromatic carbocycles.